The number of hydrogen-bond donors (Lipinski definition) is 1. The summed E-state index contributed by atoms with van der Waals surface area (Å²) in [7, 11) is -2.75. The number of hydrogen-bond acceptors (Lipinski definition) is 3. The van der Waals surface area contributed by atoms with E-state index in [2.05, 4.69) is 4.99 Å². The lowest BCUT2D eigenvalue weighted by Crippen LogP contribution is -2.12. The van der Waals surface area contributed by atoms with E-state index in [1.54, 1.807) is 6.92 Å². The van der Waals surface area contributed by atoms with Gasteiger partial charge < -0.3 is 5.73 Å². The van der Waals surface area contributed by atoms with Crippen molar-refractivity contribution in [3.8, 4) is 0 Å². The Kier molecular flexibility index (Phi) is 2.72. The molecule has 1 saturated heterocycles. The molecule has 1 fully saturated rings. The Balaban J connectivity index is 2.44. The molecule has 0 saturated carbocycles. The van der Waals surface area contributed by atoms with Crippen LogP contribution < -0.4 is 5.73 Å². The van der Waals surface area contributed by atoms with E-state index in [0.717, 1.165) is 6.42 Å². The number of rotatable bonds is 2. The van der Waals surface area contributed by atoms with Crippen LogP contribution in [0.3, 0.4) is 0 Å². The molecule has 0 bridgehead atoms. The Morgan fingerprint density at radius 3 is 2.75 bits per heavy atom. The molecular weight excluding hydrogens is 176 g/mol. The maximum absolute atomic E-state index is 11.0. The lowest BCUT2D eigenvalue weighted by molar-refractivity contribution is 0.591. The van der Waals surface area contributed by atoms with Crippen molar-refractivity contribution in [1.82, 2.24) is 0 Å². The minimum absolute atomic E-state index is 0.188. The van der Waals surface area contributed by atoms with Crippen molar-refractivity contribution in [2.24, 2.45) is 16.6 Å². The van der Waals surface area contributed by atoms with Gasteiger partial charge in [0, 0.05) is 6.54 Å². The van der Waals surface area contributed by atoms with Crippen LogP contribution >= 0.6 is 0 Å². The fourth-order valence-corrected chi connectivity index (χ4v) is 3.14. The third-order valence-corrected chi connectivity index (χ3v) is 3.76. The lowest BCUT2D eigenvalue weighted by Gasteiger charge is -2.01. The third kappa shape index (κ3) is 2.81. The van der Waals surface area contributed by atoms with Gasteiger partial charge in [0.05, 0.1) is 17.3 Å². The van der Waals surface area contributed by atoms with E-state index >= 15 is 0 Å². The molecular formula is C7H14N2O2S. The van der Waals surface area contributed by atoms with Gasteiger partial charge >= 0.3 is 0 Å². The molecule has 12 heavy (non-hydrogen) atoms. The highest BCUT2D eigenvalue weighted by Crippen LogP contribution is 2.18. The van der Waals surface area contributed by atoms with E-state index in [4.69, 9.17) is 5.73 Å². The SMILES string of the molecule is CC(N)=NCC1CCS(=O)(=O)C1. The molecule has 1 atom stereocenters. The van der Waals surface area contributed by atoms with Gasteiger partial charge in [-0.3, -0.25) is 4.99 Å². The van der Waals surface area contributed by atoms with Crippen LogP contribution in [0.5, 0.6) is 0 Å². The Hall–Kier alpha value is -0.580. The molecule has 2 N–H and O–H groups in total. The Bertz CT molecular complexity index is 278. The van der Waals surface area contributed by atoms with Crippen LogP contribution in [0.25, 0.3) is 0 Å². The second kappa shape index (κ2) is 3.43. The highest BCUT2D eigenvalue weighted by Gasteiger charge is 2.27. The Morgan fingerprint density at radius 1 is 1.67 bits per heavy atom. The van der Waals surface area contributed by atoms with Gasteiger partial charge in [-0.1, -0.05) is 0 Å². The van der Waals surface area contributed by atoms with Crippen molar-refractivity contribution in [3.05, 3.63) is 0 Å². The molecule has 70 valence electrons. The molecule has 4 nitrogen and oxygen atoms in total. The van der Waals surface area contributed by atoms with Gasteiger partial charge in [0.1, 0.15) is 0 Å². The van der Waals surface area contributed by atoms with E-state index in [1.807, 2.05) is 0 Å². The third-order valence-electron chi connectivity index (χ3n) is 1.93. The number of amidine groups is 1. The van der Waals surface area contributed by atoms with Crippen molar-refractivity contribution in [3.63, 3.8) is 0 Å². The van der Waals surface area contributed by atoms with Crippen LogP contribution in [0.2, 0.25) is 0 Å². The van der Waals surface area contributed by atoms with Crippen LogP contribution in [0.4, 0.5) is 0 Å². The molecule has 0 amide bonds. The standard InChI is InChI=1S/C7H14N2O2S/c1-6(8)9-4-7-2-3-12(10,11)5-7/h7H,2-5H2,1H3,(H2,8,9). The molecule has 5 heteroatoms. The maximum Gasteiger partial charge on any atom is 0.150 e. The summed E-state index contributed by atoms with van der Waals surface area (Å²) in [4.78, 5) is 4.00. The van der Waals surface area contributed by atoms with Crippen LogP contribution in [0.15, 0.2) is 4.99 Å². The highest BCUT2D eigenvalue weighted by molar-refractivity contribution is 7.91. The minimum Gasteiger partial charge on any atom is -0.388 e. The summed E-state index contributed by atoms with van der Waals surface area (Å²) >= 11 is 0. The van der Waals surface area contributed by atoms with E-state index in [-0.39, 0.29) is 11.7 Å². The van der Waals surface area contributed by atoms with Gasteiger partial charge in [0.15, 0.2) is 9.84 Å². The monoisotopic (exact) mass is 190 g/mol. The second-order valence-corrected chi connectivity index (χ2v) is 5.48. The van der Waals surface area contributed by atoms with Gasteiger partial charge in [-0.15, -0.1) is 0 Å². The smallest absolute Gasteiger partial charge is 0.150 e. The topological polar surface area (TPSA) is 72.5 Å². The Labute approximate surface area is 72.8 Å². The van der Waals surface area contributed by atoms with Gasteiger partial charge in [0.2, 0.25) is 0 Å². The number of nitrogens with zero attached hydrogens (tertiary/aromatic N) is 1. The average molecular weight is 190 g/mol. The van der Waals surface area contributed by atoms with Crippen molar-refractivity contribution < 1.29 is 8.42 Å². The molecule has 1 rings (SSSR count). The first kappa shape index (κ1) is 9.51. The van der Waals surface area contributed by atoms with Crippen molar-refractivity contribution in [1.29, 1.82) is 0 Å². The quantitative estimate of drug-likeness (QED) is 0.484. The lowest BCUT2D eigenvalue weighted by atomic mass is 10.1. The van der Waals surface area contributed by atoms with E-state index in [9.17, 15) is 8.42 Å². The van der Waals surface area contributed by atoms with Gasteiger partial charge in [0.25, 0.3) is 0 Å². The van der Waals surface area contributed by atoms with Crippen molar-refractivity contribution >= 4 is 15.7 Å². The summed E-state index contributed by atoms with van der Waals surface area (Å²) in [6, 6.07) is 0. The average Bonchev–Trinajstić information content (AvgIpc) is 2.26. The normalized spacial score (nSPS) is 29.1. The molecule has 0 aromatic carbocycles. The highest BCUT2D eigenvalue weighted by atomic mass is 32.2. The van der Waals surface area contributed by atoms with Gasteiger partial charge in [-0.25, -0.2) is 8.42 Å². The number of nitrogens with two attached hydrogens (primary N) is 1. The van der Waals surface area contributed by atoms with Crippen LogP contribution in [0, 0.1) is 5.92 Å². The molecule has 1 aliphatic heterocycles. The number of sulfone groups is 1. The van der Waals surface area contributed by atoms with E-state index in [0.29, 0.717) is 18.1 Å². The first-order chi connectivity index (χ1) is 5.49. The molecule has 1 unspecified atom stereocenters. The predicted octanol–water partition coefficient (Wildman–Crippen LogP) is -0.202. The summed E-state index contributed by atoms with van der Waals surface area (Å²) in [5, 5.41) is 0. The van der Waals surface area contributed by atoms with Crippen LogP contribution in [0.1, 0.15) is 13.3 Å². The fourth-order valence-electron chi connectivity index (χ4n) is 1.29. The van der Waals surface area contributed by atoms with E-state index < -0.39 is 9.84 Å². The molecule has 0 aromatic heterocycles. The molecule has 1 aliphatic rings. The zero-order valence-electron chi connectivity index (χ0n) is 7.16. The second-order valence-electron chi connectivity index (χ2n) is 3.25. The zero-order valence-corrected chi connectivity index (χ0v) is 7.97. The Morgan fingerprint density at radius 2 is 2.33 bits per heavy atom. The minimum atomic E-state index is -2.75. The summed E-state index contributed by atoms with van der Waals surface area (Å²) < 4.78 is 22.0. The van der Waals surface area contributed by atoms with Crippen molar-refractivity contribution in [2.45, 2.75) is 13.3 Å². The van der Waals surface area contributed by atoms with Crippen molar-refractivity contribution in [2.75, 3.05) is 18.1 Å². The maximum atomic E-state index is 11.0. The van der Waals surface area contributed by atoms with Crippen LogP contribution in [-0.2, 0) is 9.84 Å². The van der Waals surface area contributed by atoms with Crippen LogP contribution in [-0.4, -0.2) is 32.3 Å². The van der Waals surface area contributed by atoms with E-state index in [1.165, 1.54) is 0 Å². The molecule has 0 radical (unpaired) electrons. The summed E-state index contributed by atoms with van der Waals surface area (Å²) in [6.45, 7) is 2.27. The summed E-state index contributed by atoms with van der Waals surface area (Å²) in [6.07, 6.45) is 0.735. The summed E-state index contributed by atoms with van der Waals surface area (Å²) in [5.74, 6) is 1.31. The fraction of sp³-hybridized carbons (Fsp3) is 0.857. The molecule has 0 aromatic rings. The first-order valence-electron chi connectivity index (χ1n) is 3.96. The van der Waals surface area contributed by atoms with Gasteiger partial charge in [-0.2, -0.15) is 0 Å². The molecule has 0 aliphatic carbocycles. The zero-order chi connectivity index (χ0) is 9.19. The molecule has 1 heterocycles. The van der Waals surface area contributed by atoms with Gasteiger partial charge in [-0.05, 0) is 19.3 Å². The first-order valence-corrected chi connectivity index (χ1v) is 5.79. The predicted molar refractivity (Wildman–Crippen MR) is 48.9 cm³/mol. The summed E-state index contributed by atoms with van der Waals surface area (Å²) in [5.41, 5.74) is 5.34. The number of aliphatic imine (C=N–C) groups is 1. The molecule has 0 spiro atoms. The largest absolute Gasteiger partial charge is 0.388 e.